The van der Waals surface area contributed by atoms with Gasteiger partial charge in [0.15, 0.2) is 0 Å². The molecule has 2 heterocycles. The minimum absolute atomic E-state index is 0.0243. The molecule has 1 amide bonds. The summed E-state index contributed by atoms with van der Waals surface area (Å²) in [5, 5.41) is 11.4. The Morgan fingerprint density at radius 3 is 2.73 bits per heavy atom. The van der Waals surface area contributed by atoms with E-state index in [2.05, 4.69) is 11.9 Å². The number of epoxide rings is 1. The zero-order valence-corrected chi connectivity index (χ0v) is 12.9. The summed E-state index contributed by atoms with van der Waals surface area (Å²) in [6.45, 7) is 5.09. The monoisotopic (exact) mass is 311 g/mol. The second-order valence-corrected chi connectivity index (χ2v) is 6.17. The summed E-state index contributed by atoms with van der Waals surface area (Å²) in [5.41, 5.74) is -0.0844. The molecule has 124 valence electrons. The number of hydrogen-bond acceptors (Lipinski definition) is 4. The molecule has 2 saturated heterocycles. The molecule has 0 aliphatic carbocycles. The number of carbonyl (C=O) groups is 2. The maximum atomic E-state index is 11.9. The van der Waals surface area contributed by atoms with Crippen LogP contribution in [0.2, 0.25) is 0 Å². The van der Waals surface area contributed by atoms with E-state index >= 15 is 0 Å². The van der Waals surface area contributed by atoms with Gasteiger partial charge in [-0.2, -0.15) is 0 Å². The van der Waals surface area contributed by atoms with Gasteiger partial charge in [0.1, 0.15) is 0 Å². The Labute approximate surface area is 130 Å². The molecule has 6 heteroatoms. The molecule has 0 unspecified atom stereocenters. The van der Waals surface area contributed by atoms with Gasteiger partial charge in [0.25, 0.3) is 0 Å². The van der Waals surface area contributed by atoms with Crippen LogP contribution in [0.15, 0.2) is 12.7 Å². The quantitative estimate of drug-likeness (QED) is 0.384. The first-order valence-corrected chi connectivity index (χ1v) is 7.93. The Morgan fingerprint density at radius 1 is 1.32 bits per heavy atom. The Balaban J connectivity index is 1.60. The number of amides is 1. The lowest BCUT2D eigenvalue weighted by Gasteiger charge is -2.32. The van der Waals surface area contributed by atoms with Crippen molar-refractivity contribution in [2.45, 2.75) is 62.8 Å². The molecule has 2 N–H and O–H groups in total. The molecule has 0 radical (unpaired) electrons. The summed E-state index contributed by atoms with van der Waals surface area (Å²) in [6.07, 6.45) is 6.00. The molecule has 1 spiro atoms. The van der Waals surface area contributed by atoms with Gasteiger partial charge in [-0.25, -0.2) is 0 Å². The van der Waals surface area contributed by atoms with Crippen molar-refractivity contribution in [3.8, 4) is 0 Å². The van der Waals surface area contributed by atoms with Crippen molar-refractivity contribution in [2.24, 2.45) is 0 Å². The fraction of sp³-hybridized carbons (Fsp3) is 0.750. The molecule has 2 aliphatic heterocycles. The third-order valence-electron chi connectivity index (χ3n) is 4.16. The molecular weight excluding hydrogens is 286 g/mol. The second-order valence-electron chi connectivity index (χ2n) is 6.17. The lowest BCUT2D eigenvalue weighted by Crippen LogP contribution is -2.40. The van der Waals surface area contributed by atoms with Gasteiger partial charge in [0, 0.05) is 25.8 Å². The Hall–Kier alpha value is -1.40. The Kier molecular flexibility index (Phi) is 5.97. The molecular formula is C16H25NO5. The minimum atomic E-state index is -0.772. The van der Waals surface area contributed by atoms with Crippen LogP contribution < -0.4 is 5.32 Å². The SMILES string of the molecule is C=C[C@@H]1C[C@]2(CO2)C[C@@H](CC(=O)NCCCCCC(=O)O)O1. The first-order chi connectivity index (χ1) is 10.5. The number of ether oxygens (including phenoxy) is 2. The highest BCUT2D eigenvalue weighted by atomic mass is 16.6. The molecule has 2 fully saturated rings. The van der Waals surface area contributed by atoms with Gasteiger partial charge < -0.3 is 19.9 Å². The predicted molar refractivity (Wildman–Crippen MR) is 80.5 cm³/mol. The molecule has 2 rings (SSSR count). The zero-order chi connectivity index (χ0) is 16.0. The predicted octanol–water partition coefficient (Wildman–Crippen LogP) is 1.64. The third kappa shape index (κ3) is 5.42. The summed E-state index contributed by atoms with van der Waals surface area (Å²) in [4.78, 5) is 22.3. The Morgan fingerprint density at radius 2 is 2.09 bits per heavy atom. The van der Waals surface area contributed by atoms with Crippen LogP contribution >= 0.6 is 0 Å². The number of carboxylic acid groups (broad SMARTS) is 1. The number of nitrogens with one attached hydrogen (secondary N) is 1. The van der Waals surface area contributed by atoms with E-state index in [-0.39, 0.29) is 30.1 Å². The molecule has 0 saturated carbocycles. The highest BCUT2D eigenvalue weighted by Crippen LogP contribution is 2.42. The molecule has 2 aliphatic rings. The molecule has 0 aromatic heterocycles. The van der Waals surface area contributed by atoms with Gasteiger partial charge in [-0.15, -0.1) is 6.58 Å². The lowest BCUT2D eigenvalue weighted by atomic mass is 9.90. The number of unbranched alkanes of at least 4 members (excludes halogenated alkanes) is 2. The fourth-order valence-electron chi connectivity index (χ4n) is 2.89. The third-order valence-corrected chi connectivity index (χ3v) is 4.16. The molecule has 6 nitrogen and oxygen atoms in total. The summed E-state index contributed by atoms with van der Waals surface area (Å²) >= 11 is 0. The summed E-state index contributed by atoms with van der Waals surface area (Å²) in [7, 11) is 0. The number of carboxylic acids is 1. The average Bonchev–Trinajstić information content (AvgIpc) is 3.20. The van der Waals surface area contributed by atoms with Crippen LogP contribution in [0, 0.1) is 0 Å². The van der Waals surface area contributed by atoms with Gasteiger partial charge in [-0.05, 0) is 12.8 Å². The summed E-state index contributed by atoms with van der Waals surface area (Å²) in [5.74, 6) is -0.796. The van der Waals surface area contributed by atoms with Gasteiger partial charge in [0.2, 0.25) is 5.91 Å². The van der Waals surface area contributed by atoms with Crippen molar-refractivity contribution in [3.63, 3.8) is 0 Å². The van der Waals surface area contributed by atoms with Crippen molar-refractivity contribution >= 4 is 11.9 Å². The summed E-state index contributed by atoms with van der Waals surface area (Å²) in [6, 6.07) is 0. The minimum Gasteiger partial charge on any atom is -0.481 e. The largest absolute Gasteiger partial charge is 0.481 e. The van der Waals surface area contributed by atoms with E-state index in [1.165, 1.54) is 0 Å². The van der Waals surface area contributed by atoms with E-state index in [1.54, 1.807) is 6.08 Å². The van der Waals surface area contributed by atoms with Crippen molar-refractivity contribution in [1.82, 2.24) is 5.32 Å². The number of rotatable bonds is 9. The van der Waals surface area contributed by atoms with Crippen molar-refractivity contribution in [2.75, 3.05) is 13.2 Å². The maximum Gasteiger partial charge on any atom is 0.303 e. The highest BCUT2D eigenvalue weighted by Gasteiger charge is 2.51. The molecule has 0 bridgehead atoms. The van der Waals surface area contributed by atoms with E-state index in [4.69, 9.17) is 14.6 Å². The topological polar surface area (TPSA) is 88.2 Å². The van der Waals surface area contributed by atoms with E-state index in [0.29, 0.717) is 19.4 Å². The van der Waals surface area contributed by atoms with Crippen molar-refractivity contribution < 1.29 is 24.2 Å². The highest BCUT2D eigenvalue weighted by molar-refractivity contribution is 5.76. The zero-order valence-electron chi connectivity index (χ0n) is 12.9. The Bertz CT molecular complexity index is 419. The summed E-state index contributed by atoms with van der Waals surface area (Å²) < 4.78 is 11.3. The first kappa shape index (κ1) is 17.0. The van der Waals surface area contributed by atoms with Crippen LogP contribution in [-0.2, 0) is 19.1 Å². The number of carbonyl (C=O) groups excluding carboxylic acids is 1. The normalized spacial score (nSPS) is 30.0. The number of hydrogen-bond donors (Lipinski definition) is 2. The van der Waals surface area contributed by atoms with Crippen LogP contribution in [0.5, 0.6) is 0 Å². The smallest absolute Gasteiger partial charge is 0.303 e. The average molecular weight is 311 g/mol. The maximum absolute atomic E-state index is 11.9. The molecule has 0 aromatic carbocycles. The van der Waals surface area contributed by atoms with E-state index in [0.717, 1.165) is 32.3 Å². The fourth-order valence-corrected chi connectivity index (χ4v) is 2.89. The molecule has 0 aromatic rings. The standard InChI is InChI=1S/C16H25NO5/c1-2-12-9-16(11-21-16)10-13(22-12)8-14(18)17-7-5-3-4-6-15(19)20/h2,12-13H,1,3-11H2,(H,17,18)(H,19,20)/t12-,13-,16-/m1/s1. The lowest BCUT2D eigenvalue weighted by molar-refractivity contribution is -0.137. The van der Waals surface area contributed by atoms with Crippen molar-refractivity contribution in [1.29, 1.82) is 0 Å². The van der Waals surface area contributed by atoms with Crippen LogP contribution in [0.3, 0.4) is 0 Å². The van der Waals surface area contributed by atoms with Crippen molar-refractivity contribution in [3.05, 3.63) is 12.7 Å². The van der Waals surface area contributed by atoms with Gasteiger partial charge in [-0.1, -0.05) is 12.5 Å². The van der Waals surface area contributed by atoms with Crippen LogP contribution in [-0.4, -0.2) is 47.9 Å². The van der Waals surface area contributed by atoms with Crippen LogP contribution in [0.1, 0.15) is 44.9 Å². The van der Waals surface area contributed by atoms with Crippen LogP contribution in [0.25, 0.3) is 0 Å². The van der Waals surface area contributed by atoms with E-state index in [1.807, 2.05) is 0 Å². The molecule has 22 heavy (non-hydrogen) atoms. The second kappa shape index (κ2) is 7.74. The van der Waals surface area contributed by atoms with Gasteiger partial charge >= 0.3 is 5.97 Å². The number of aliphatic carboxylic acids is 1. The first-order valence-electron chi connectivity index (χ1n) is 7.93. The van der Waals surface area contributed by atoms with Gasteiger partial charge in [0.05, 0.1) is 30.8 Å². The van der Waals surface area contributed by atoms with E-state index < -0.39 is 5.97 Å². The van der Waals surface area contributed by atoms with Crippen LogP contribution in [0.4, 0.5) is 0 Å². The van der Waals surface area contributed by atoms with E-state index in [9.17, 15) is 9.59 Å². The molecule has 3 atom stereocenters. The van der Waals surface area contributed by atoms with Gasteiger partial charge in [-0.3, -0.25) is 9.59 Å².